The third-order valence-corrected chi connectivity index (χ3v) is 3.39. The number of nitrogens with zero attached hydrogens (tertiary/aromatic N) is 5. The molecule has 4 N–H and O–H groups in total. The number of carbonyl (C=O) groups excluding carboxylic acids is 1. The van der Waals surface area contributed by atoms with Gasteiger partial charge in [0.2, 0.25) is 12.6 Å². The van der Waals surface area contributed by atoms with Crippen LogP contribution in [0, 0.1) is 10.1 Å². The SMILES string of the molecule is CCC(ON=C(C(N)=O)c1csc(N)n1)n1cnc([N+](=O)[O-])c1. The lowest BCUT2D eigenvalue weighted by Gasteiger charge is -2.13. The average molecular weight is 339 g/mol. The lowest BCUT2D eigenvalue weighted by atomic mass is 10.3. The van der Waals surface area contributed by atoms with Gasteiger partial charge in [-0.25, -0.2) is 4.98 Å². The highest BCUT2D eigenvalue weighted by Crippen LogP contribution is 2.18. The number of rotatable bonds is 7. The molecule has 0 aromatic carbocycles. The molecule has 12 heteroatoms. The molecule has 0 bridgehead atoms. The van der Waals surface area contributed by atoms with Crippen molar-refractivity contribution in [2.24, 2.45) is 10.9 Å². The summed E-state index contributed by atoms with van der Waals surface area (Å²) in [7, 11) is 0. The van der Waals surface area contributed by atoms with Crippen molar-refractivity contribution >= 4 is 33.9 Å². The quantitative estimate of drug-likeness (QED) is 0.424. The molecule has 2 aromatic heterocycles. The monoisotopic (exact) mass is 339 g/mol. The smallest absolute Gasteiger partial charge is 0.375 e. The first kappa shape index (κ1) is 16.4. The molecule has 11 nitrogen and oxygen atoms in total. The average Bonchev–Trinajstić information content (AvgIpc) is 3.12. The first-order valence-electron chi connectivity index (χ1n) is 6.35. The number of oxime groups is 1. The molecule has 0 aliphatic heterocycles. The highest BCUT2D eigenvalue weighted by molar-refractivity contribution is 7.13. The summed E-state index contributed by atoms with van der Waals surface area (Å²) in [5.74, 6) is -1.15. The molecular weight excluding hydrogens is 326 g/mol. The number of nitrogen functional groups attached to an aromatic ring is 1. The highest BCUT2D eigenvalue weighted by Gasteiger charge is 2.19. The van der Waals surface area contributed by atoms with Crippen LogP contribution in [0.2, 0.25) is 0 Å². The highest BCUT2D eigenvalue weighted by atomic mass is 32.1. The maximum atomic E-state index is 11.5. The number of imidazole rings is 1. The number of aromatic nitrogens is 3. The van der Waals surface area contributed by atoms with E-state index in [-0.39, 0.29) is 22.4 Å². The fraction of sp³-hybridized carbons (Fsp3) is 0.273. The van der Waals surface area contributed by atoms with E-state index in [1.165, 1.54) is 22.5 Å². The van der Waals surface area contributed by atoms with Crippen molar-refractivity contribution in [2.75, 3.05) is 5.73 Å². The largest absolute Gasteiger partial charge is 0.381 e. The summed E-state index contributed by atoms with van der Waals surface area (Å²) in [6.07, 6.45) is 2.17. The molecule has 0 aliphatic rings. The predicted molar refractivity (Wildman–Crippen MR) is 81.6 cm³/mol. The summed E-state index contributed by atoms with van der Waals surface area (Å²) < 4.78 is 1.37. The Morgan fingerprint density at radius 1 is 1.65 bits per heavy atom. The lowest BCUT2D eigenvalue weighted by Crippen LogP contribution is -2.25. The lowest BCUT2D eigenvalue weighted by molar-refractivity contribution is -0.389. The van der Waals surface area contributed by atoms with Crippen molar-refractivity contribution in [2.45, 2.75) is 19.6 Å². The van der Waals surface area contributed by atoms with Crippen molar-refractivity contribution in [3.8, 4) is 0 Å². The standard InChI is InChI=1S/C11H13N7O4S/c1-2-8(17-3-7(14-5-17)18(20)21)22-16-9(10(12)19)6-4-23-11(13)15-6/h3-5,8H,2H2,1H3,(H2,12,19)(H2,13,15). The van der Waals surface area contributed by atoms with Gasteiger partial charge in [0.15, 0.2) is 10.8 Å². The van der Waals surface area contributed by atoms with Gasteiger partial charge in [0.1, 0.15) is 11.9 Å². The molecule has 0 radical (unpaired) electrons. The Bertz CT molecular complexity index is 753. The van der Waals surface area contributed by atoms with Crippen LogP contribution in [0.25, 0.3) is 0 Å². The molecule has 0 aliphatic carbocycles. The van der Waals surface area contributed by atoms with Gasteiger partial charge in [0.05, 0.1) is 0 Å². The second-order valence-corrected chi connectivity index (χ2v) is 5.17. The van der Waals surface area contributed by atoms with E-state index in [1.807, 2.05) is 0 Å². The van der Waals surface area contributed by atoms with Crippen molar-refractivity contribution in [3.05, 3.63) is 33.7 Å². The maximum absolute atomic E-state index is 11.5. The summed E-state index contributed by atoms with van der Waals surface area (Å²) in [6, 6.07) is 0. The number of hydrogen-bond donors (Lipinski definition) is 2. The zero-order valence-electron chi connectivity index (χ0n) is 11.9. The normalized spacial score (nSPS) is 12.8. The Hall–Kier alpha value is -3.02. The van der Waals surface area contributed by atoms with Crippen molar-refractivity contribution < 1.29 is 14.6 Å². The van der Waals surface area contributed by atoms with E-state index >= 15 is 0 Å². The van der Waals surface area contributed by atoms with Crippen LogP contribution in [0.15, 0.2) is 23.1 Å². The number of hydrogen-bond acceptors (Lipinski definition) is 9. The number of nitro groups is 1. The number of thiazole rings is 1. The van der Waals surface area contributed by atoms with E-state index in [0.29, 0.717) is 6.42 Å². The third kappa shape index (κ3) is 3.79. The number of primary amides is 1. The zero-order valence-corrected chi connectivity index (χ0v) is 12.8. The minimum Gasteiger partial charge on any atom is -0.375 e. The molecule has 1 amide bonds. The Morgan fingerprint density at radius 2 is 2.39 bits per heavy atom. The van der Waals surface area contributed by atoms with Crippen molar-refractivity contribution in [1.82, 2.24) is 14.5 Å². The first-order chi connectivity index (χ1) is 10.9. The molecule has 0 saturated carbocycles. The first-order valence-corrected chi connectivity index (χ1v) is 7.23. The van der Waals surface area contributed by atoms with Crippen molar-refractivity contribution in [3.63, 3.8) is 0 Å². The Labute approximate surface area is 133 Å². The Balaban J connectivity index is 2.22. The molecule has 0 spiro atoms. The molecule has 122 valence electrons. The minimum atomic E-state index is -0.832. The molecule has 2 aromatic rings. The molecule has 1 atom stereocenters. The van der Waals surface area contributed by atoms with Gasteiger partial charge < -0.3 is 26.4 Å². The van der Waals surface area contributed by atoms with E-state index in [9.17, 15) is 14.9 Å². The predicted octanol–water partition coefficient (Wildman–Crippen LogP) is 0.645. The van der Waals surface area contributed by atoms with Gasteiger partial charge in [-0.1, -0.05) is 12.1 Å². The second-order valence-electron chi connectivity index (χ2n) is 4.28. The summed E-state index contributed by atoms with van der Waals surface area (Å²) in [5.41, 5.74) is 10.8. The fourth-order valence-corrected chi connectivity index (χ4v) is 2.19. The van der Waals surface area contributed by atoms with Gasteiger partial charge in [0, 0.05) is 11.8 Å². The Kier molecular flexibility index (Phi) is 4.85. The second kappa shape index (κ2) is 6.83. The zero-order chi connectivity index (χ0) is 17.0. The van der Waals surface area contributed by atoms with E-state index < -0.39 is 17.1 Å². The van der Waals surface area contributed by atoms with Crippen LogP contribution < -0.4 is 11.5 Å². The third-order valence-electron chi connectivity index (χ3n) is 2.72. The van der Waals surface area contributed by atoms with Crippen LogP contribution in [0.1, 0.15) is 25.3 Å². The summed E-state index contributed by atoms with van der Waals surface area (Å²) in [5, 5.41) is 16.1. The number of carbonyl (C=O) groups is 1. The van der Waals surface area contributed by atoms with Crippen LogP contribution in [0.4, 0.5) is 10.9 Å². The minimum absolute atomic E-state index is 0.189. The van der Waals surface area contributed by atoms with E-state index in [1.54, 1.807) is 6.92 Å². The summed E-state index contributed by atoms with van der Waals surface area (Å²) >= 11 is 1.13. The topological polar surface area (TPSA) is 165 Å². The fourth-order valence-electron chi connectivity index (χ4n) is 1.65. The summed E-state index contributed by atoms with van der Waals surface area (Å²) in [6.45, 7) is 1.77. The van der Waals surface area contributed by atoms with E-state index in [0.717, 1.165) is 11.3 Å². The van der Waals surface area contributed by atoms with Crippen molar-refractivity contribution in [1.29, 1.82) is 0 Å². The van der Waals surface area contributed by atoms with Crippen LogP contribution in [-0.2, 0) is 9.63 Å². The van der Waals surface area contributed by atoms with Gasteiger partial charge in [-0.2, -0.15) is 0 Å². The van der Waals surface area contributed by atoms with E-state index in [4.69, 9.17) is 16.3 Å². The number of anilines is 1. The van der Waals surface area contributed by atoms with Crippen LogP contribution in [-0.4, -0.2) is 31.1 Å². The van der Waals surface area contributed by atoms with Crippen LogP contribution in [0.3, 0.4) is 0 Å². The molecule has 0 fully saturated rings. The van der Waals surface area contributed by atoms with Crippen LogP contribution in [0.5, 0.6) is 0 Å². The molecular formula is C11H13N7O4S. The molecule has 23 heavy (non-hydrogen) atoms. The Morgan fingerprint density at radius 3 is 2.87 bits per heavy atom. The molecule has 1 unspecified atom stereocenters. The number of nitrogens with two attached hydrogens (primary N) is 2. The van der Waals surface area contributed by atoms with Gasteiger partial charge >= 0.3 is 5.82 Å². The van der Waals surface area contributed by atoms with Gasteiger partial charge in [-0.05, 0) is 9.91 Å². The van der Waals surface area contributed by atoms with Gasteiger partial charge in [-0.15, -0.1) is 11.3 Å². The molecule has 2 rings (SSSR count). The summed E-state index contributed by atoms with van der Waals surface area (Å²) in [4.78, 5) is 34.3. The van der Waals surface area contributed by atoms with Gasteiger partial charge in [-0.3, -0.25) is 9.36 Å². The van der Waals surface area contributed by atoms with Crippen LogP contribution >= 0.6 is 11.3 Å². The molecule has 0 saturated heterocycles. The maximum Gasteiger partial charge on any atom is 0.381 e. The van der Waals surface area contributed by atoms with E-state index in [2.05, 4.69) is 15.1 Å². The number of amides is 1. The molecule has 2 heterocycles. The van der Waals surface area contributed by atoms with Gasteiger partial charge in [0.25, 0.3) is 5.91 Å².